The molecular formula is C11H11BrN4O3. The first-order valence-corrected chi connectivity index (χ1v) is 6.13. The number of carbonyl (C=O) groups is 2. The van der Waals surface area contributed by atoms with Gasteiger partial charge in [0.25, 0.3) is 5.91 Å². The lowest BCUT2D eigenvalue weighted by molar-refractivity contribution is -0.139. The van der Waals surface area contributed by atoms with Gasteiger partial charge in [-0.25, -0.2) is 4.79 Å². The van der Waals surface area contributed by atoms with Crippen LogP contribution in [0.2, 0.25) is 0 Å². The van der Waals surface area contributed by atoms with Crippen molar-refractivity contribution >= 4 is 27.8 Å². The lowest BCUT2D eigenvalue weighted by atomic mass is 10.1. The van der Waals surface area contributed by atoms with Crippen LogP contribution in [0.4, 0.5) is 0 Å². The van der Waals surface area contributed by atoms with Gasteiger partial charge < -0.3 is 15.4 Å². The van der Waals surface area contributed by atoms with E-state index < -0.39 is 17.9 Å². The highest BCUT2D eigenvalue weighted by Gasteiger charge is 2.24. The van der Waals surface area contributed by atoms with Crippen LogP contribution in [-0.4, -0.2) is 31.7 Å². The Morgan fingerprint density at radius 2 is 2.32 bits per heavy atom. The highest BCUT2D eigenvalue weighted by Crippen LogP contribution is 2.15. The SMILES string of the molecule is Cn1cc(C(NC(=O)c2cc(Br)c[nH]2)C(=O)O)cn1. The monoisotopic (exact) mass is 326 g/mol. The smallest absolute Gasteiger partial charge is 0.331 e. The molecule has 0 aliphatic carbocycles. The second-order valence-corrected chi connectivity index (χ2v) is 4.84. The van der Waals surface area contributed by atoms with Gasteiger partial charge >= 0.3 is 5.97 Å². The predicted molar refractivity (Wildman–Crippen MR) is 69.5 cm³/mol. The van der Waals surface area contributed by atoms with Crippen LogP contribution >= 0.6 is 15.9 Å². The Balaban J connectivity index is 2.18. The van der Waals surface area contributed by atoms with Gasteiger partial charge in [0, 0.05) is 29.5 Å². The van der Waals surface area contributed by atoms with E-state index in [4.69, 9.17) is 5.11 Å². The molecule has 2 aromatic heterocycles. The first-order chi connectivity index (χ1) is 8.97. The maximum atomic E-state index is 11.9. The van der Waals surface area contributed by atoms with Gasteiger partial charge in [0.2, 0.25) is 0 Å². The first-order valence-electron chi connectivity index (χ1n) is 5.33. The second-order valence-electron chi connectivity index (χ2n) is 3.92. The molecule has 19 heavy (non-hydrogen) atoms. The van der Waals surface area contributed by atoms with Crippen molar-refractivity contribution < 1.29 is 14.7 Å². The normalized spacial score (nSPS) is 12.1. The summed E-state index contributed by atoms with van der Waals surface area (Å²) in [6.07, 6.45) is 4.54. The number of carbonyl (C=O) groups excluding carboxylic acids is 1. The molecule has 0 saturated carbocycles. The minimum atomic E-state index is -1.15. The Labute approximate surface area is 116 Å². The summed E-state index contributed by atoms with van der Waals surface area (Å²) in [6.45, 7) is 0. The van der Waals surface area contributed by atoms with E-state index in [0.29, 0.717) is 10.0 Å². The molecule has 0 saturated heterocycles. The number of halogens is 1. The van der Waals surface area contributed by atoms with E-state index >= 15 is 0 Å². The van der Waals surface area contributed by atoms with Crippen molar-refractivity contribution in [3.05, 3.63) is 40.4 Å². The van der Waals surface area contributed by atoms with Gasteiger partial charge in [-0.15, -0.1) is 0 Å². The number of aromatic amines is 1. The van der Waals surface area contributed by atoms with E-state index in [1.54, 1.807) is 25.5 Å². The molecular weight excluding hydrogens is 316 g/mol. The van der Waals surface area contributed by atoms with E-state index in [1.165, 1.54) is 10.9 Å². The average molecular weight is 327 g/mol. The summed E-state index contributed by atoms with van der Waals surface area (Å²) in [5.41, 5.74) is 0.691. The summed E-state index contributed by atoms with van der Waals surface area (Å²) in [6, 6.07) is 0.431. The van der Waals surface area contributed by atoms with Gasteiger partial charge in [0.15, 0.2) is 6.04 Å². The predicted octanol–water partition coefficient (Wildman–Crippen LogP) is 1.07. The average Bonchev–Trinajstić information content (AvgIpc) is 2.94. The zero-order valence-electron chi connectivity index (χ0n) is 9.92. The van der Waals surface area contributed by atoms with Gasteiger partial charge in [-0.2, -0.15) is 5.10 Å². The van der Waals surface area contributed by atoms with Crippen LogP contribution in [0.3, 0.4) is 0 Å². The molecule has 7 nitrogen and oxygen atoms in total. The zero-order chi connectivity index (χ0) is 14.0. The fraction of sp³-hybridized carbons (Fsp3) is 0.182. The molecule has 0 aromatic carbocycles. The number of aliphatic carboxylic acids is 1. The second kappa shape index (κ2) is 5.27. The van der Waals surface area contributed by atoms with E-state index in [2.05, 4.69) is 31.3 Å². The van der Waals surface area contributed by atoms with Gasteiger partial charge in [0.1, 0.15) is 5.69 Å². The molecule has 1 unspecified atom stereocenters. The van der Waals surface area contributed by atoms with Gasteiger partial charge in [-0.1, -0.05) is 0 Å². The summed E-state index contributed by atoms with van der Waals surface area (Å²) in [7, 11) is 1.67. The topological polar surface area (TPSA) is 100 Å². The number of H-pyrrole nitrogens is 1. The Morgan fingerprint density at radius 3 is 2.79 bits per heavy atom. The number of hydrogen-bond donors (Lipinski definition) is 3. The number of carboxylic acid groups (broad SMARTS) is 1. The van der Waals surface area contributed by atoms with Crippen molar-refractivity contribution in [2.45, 2.75) is 6.04 Å². The van der Waals surface area contributed by atoms with Gasteiger partial charge in [0.05, 0.1) is 6.20 Å². The molecule has 0 fully saturated rings. The summed E-state index contributed by atoms with van der Waals surface area (Å²) in [5, 5.41) is 15.5. The van der Waals surface area contributed by atoms with Crippen LogP contribution in [0.5, 0.6) is 0 Å². The number of hydrogen-bond acceptors (Lipinski definition) is 3. The van der Waals surface area contributed by atoms with Crippen molar-refractivity contribution in [2.24, 2.45) is 7.05 Å². The number of amides is 1. The lowest BCUT2D eigenvalue weighted by Gasteiger charge is -2.11. The molecule has 0 bridgehead atoms. The molecule has 1 atom stereocenters. The molecule has 3 N–H and O–H groups in total. The fourth-order valence-corrected chi connectivity index (χ4v) is 1.93. The van der Waals surface area contributed by atoms with Crippen LogP contribution in [0.25, 0.3) is 0 Å². The maximum absolute atomic E-state index is 11.9. The highest BCUT2D eigenvalue weighted by atomic mass is 79.9. The summed E-state index contributed by atoms with van der Waals surface area (Å²) in [4.78, 5) is 25.8. The Kier molecular flexibility index (Phi) is 3.70. The third-order valence-electron chi connectivity index (χ3n) is 2.47. The van der Waals surface area contributed by atoms with Crippen molar-refractivity contribution in [2.75, 3.05) is 0 Å². The minimum Gasteiger partial charge on any atom is -0.479 e. The molecule has 0 spiro atoms. The van der Waals surface area contributed by atoms with Crippen LogP contribution in [0, 0.1) is 0 Å². The van der Waals surface area contributed by atoms with E-state index in [0.717, 1.165) is 0 Å². The van der Waals surface area contributed by atoms with Crippen molar-refractivity contribution in [1.82, 2.24) is 20.1 Å². The number of nitrogens with one attached hydrogen (secondary N) is 2. The van der Waals surface area contributed by atoms with Crippen LogP contribution in [0.15, 0.2) is 29.1 Å². The molecule has 8 heteroatoms. The molecule has 0 radical (unpaired) electrons. The summed E-state index contributed by atoms with van der Waals surface area (Å²) >= 11 is 3.20. The minimum absolute atomic E-state index is 0.280. The van der Waals surface area contributed by atoms with Crippen molar-refractivity contribution in [3.63, 3.8) is 0 Å². The fourth-order valence-electron chi connectivity index (χ4n) is 1.58. The van der Waals surface area contributed by atoms with Crippen LogP contribution in [-0.2, 0) is 11.8 Å². The standard InChI is InChI=1S/C11H11BrN4O3/c1-16-5-6(3-14-16)9(11(18)19)15-10(17)8-2-7(12)4-13-8/h2-5,9,13H,1H3,(H,15,17)(H,18,19). The maximum Gasteiger partial charge on any atom is 0.331 e. The van der Waals surface area contributed by atoms with E-state index in [-0.39, 0.29) is 5.69 Å². The Morgan fingerprint density at radius 1 is 1.58 bits per heavy atom. The van der Waals surface area contributed by atoms with Gasteiger partial charge in [-0.3, -0.25) is 9.48 Å². The molecule has 2 rings (SSSR count). The quantitative estimate of drug-likeness (QED) is 0.782. The number of aromatic nitrogens is 3. The van der Waals surface area contributed by atoms with Gasteiger partial charge in [-0.05, 0) is 22.0 Å². The number of aryl methyl sites for hydroxylation is 1. The van der Waals surface area contributed by atoms with Crippen molar-refractivity contribution in [3.8, 4) is 0 Å². The lowest BCUT2D eigenvalue weighted by Crippen LogP contribution is -2.33. The van der Waals surface area contributed by atoms with Crippen molar-refractivity contribution in [1.29, 1.82) is 0 Å². The van der Waals surface area contributed by atoms with E-state index in [9.17, 15) is 9.59 Å². The summed E-state index contributed by atoms with van der Waals surface area (Å²) in [5.74, 6) is -1.64. The number of rotatable bonds is 4. The molecule has 100 valence electrons. The highest BCUT2D eigenvalue weighted by molar-refractivity contribution is 9.10. The molecule has 0 aliphatic heterocycles. The van der Waals surface area contributed by atoms with Crippen LogP contribution < -0.4 is 5.32 Å². The number of carboxylic acids is 1. The third-order valence-corrected chi connectivity index (χ3v) is 2.93. The third kappa shape index (κ3) is 3.02. The first kappa shape index (κ1) is 13.3. The Hall–Kier alpha value is -2.09. The molecule has 1 amide bonds. The Bertz CT molecular complexity index is 619. The summed E-state index contributed by atoms with van der Waals surface area (Å²) < 4.78 is 2.19. The zero-order valence-corrected chi connectivity index (χ0v) is 11.5. The van der Waals surface area contributed by atoms with Crippen LogP contribution in [0.1, 0.15) is 22.1 Å². The molecule has 2 aromatic rings. The molecule has 2 heterocycles. The largest absolute Gasteiger partial charge is 0.479 e. The molecule has 0 aliphatic rings. The number of nitrogens with zero attached hydrogens (tertiary/aromatic N) is 2. The van der Waals surface area contributed by atoms with E-state index in [1.807, 2.05) is 0 Å².